The number of pyridine rings is 1. The van der Waals surface area contributed by atoms with Crippen molar-refractivity contribution in [1.29, 1.82) is 0 Å². The highest BCUT2D eigenvalue weighted by Gasteiger charge is 2.26. The first-order chi connectivity index (χ1) is 5.93. The highest BCUT2D eigenvalue weighted by atomic mass is 35.5. The molecule has 2 nitrogen and oxygen atoms in total. The standard InChI is InChI=1S/C7H5Cl3FNO/c1-13-6-3-4(7(9,10)11)2-5(8)12-6/h2-3H,1H3. The van der Waals surface area contributed by atoms with Gasteiger partial charge >= 0.3 is 0 Å². The largest absolute Gasteiger partial charge is 0.481 e. The van der Waals surface area contributed by atoms with Crippen molar-refractivity contribution in [3.05, 3.63) is 22.8 Å². The van der Waals surface area contributed by atoms with E-state index in [2.05, 4.69) is 4.98 Å². The van der Waals surface area contributed by atoms with E-state index in [0.29, 0.717) is 0 Å². The molecule has 1 heterocycles. The lowest BCUT2D eigenvalue weighted by Crippen LogP contribution is -2.03. The zero-order chi connectivity index (χ0) is 10.1. The molecule has 0 bridgehead atoms. The van der Waals surface area contributed by atoms with Gasteiger partial charge in [0.1, 0.15) is 5.15 Å². The van der Waals surface area contributed by atoms with E-state index in [1.165, 1.54) is 19.2 Å². The molecule has 0 saturated carbocycles. The molecule has 0 radical (unpaired) electrons. The molecule has 0 atom stereocenters. The molecule has 6 heteroatoms. The summed E-state index contributed by atoms with van der Waals surface area (Å²) in [6, 6.07) is 2.50. The van der Waals surface area contributed by atoms with Gasteiger partial charge in [0.25, 0.3) is 4.59 Å². The summed E-state index contributed by atoms with van der Waals surface area (Å²) in [5.74, 6) is 0.158. The van der Waals surface area contributed by atoms with Crippen LogP contribution in [0.25, 0.3) is 0 Å². The number of rotatable bonds is 2. The summed E-state index contributed by atoms with van der Waals surface area (Å²) in [5, 5.41) is 0.0673. The van der Waals surface area contributed by atoms with Crippen LogP contribution in [-0.4, -0.2) is 12.1 Å². The van der Waals surface area contributed by atoms with Crippen molar-refractivity contribution in [1.82, 2.24) is 4.98 Å². The van der Waals surface area contributed by atoms with E-state index in [1.54, 1.807) is 0 Å². The molecule has 0 spiro atoms. The molecular weight excluding hydrogens is 239 g/mol. The minimum absolute atomic E-state index is 0.00677. The predicted molar refractivity (Wildman–Crippen MR) is 50.3 cm³/mol. The fourth-order valence-corrected chi connectivity index (χ4v) is 1.16. The fourth-order valence-electron chi connectivity index (χ4n) is 0.741. The van der Waals surface area contributed by atoms with Crippen LogP contribution < -0.4 is 4.74 Å². The molecule has 0 aliphatic heterocycles. The summed E-state index contributed by atoms with van der Waals surface area (Å²) < 4.78 is 15.3. The number of aromatic nitrogens is 1. The second-order valence-corrected chi connectivity index (χ2v) is 3.84. The fraction of sp³-hybridized carbons (Fsp3) is 0.286. The van der Waals surface area contributed by atoms with Crippen LogP contribution >= 0.6 is 34.8 Å². The highest BCUT2D eigenvalue weighted by Crippen LogP contribution is 2.37. The quantitative estimate of drug-likeness (QED) is 0.588. The number of methoxy groups -OCH3 is 1. The molecule has 1 aromatic rings. The molecule has 0 N–H and O–H groups in total. The van der Waals surface area contributed by atoms with Crippen molar-refractivity contribution in [3.63, 3.8) is 0 Å². The van der Waals surface area contributed by atoms with Gasteiger partial charge in [-0.1, -0.05) is 34.8 Å². The average molecular weight is 244 g/mol. The molecule has 0 fully saturated rings. The zero-order valence-electron chi connectivity index (χ0n) is 6.52. The minimum atomic E-state index is -2.49. The molecule has 0 aliphatic rings. The maximum absolute atomic E-state index is 13.0. The first-order valence-corrected chi connectivity index (χ1v) is 4.35. The number of halogens is 4. The third kappa shape index (κ3) is 2.86. The molecule has 1 aromatic heterocycles. The molecule has 0 saturated heterocycles. The van der Waals surface area contributed by atoms with Gasteiger partial charge in [-0.25, -0.2) is 9.37 Å². The number of nitrogens with zero attached hydrogens (tertiary/aromatic N) is 1. The number of ether oxygens (including phenoxy) is 1. The summed E-state index contributed by atoms with van der Waals surface area (Å²) in [7, 11) is 1.38. The first-order valence-electron chi connectivity index (χ1n) is 3.22. The van der Waals surface area contributed by atoms with E-state index in [0.717, 1.165) is 0 Å². The summed E-state index contributed by atoms with van der Waals surface area (Å²) in [6.45, 7) is 0. The van der Waals surface area contributed by atoms with Crippen molar-refractivity contribution >= 4 is 34.8 Å². The van der Waals surface area contributed by atoms with E-state index in [-0.39, 0.29) is 16.6 Å². The second kappa shape index (κ2) is 3.86. The Kier molecular flexibility index (Phi) is 3.22. The van der Waals surface area contributed by atoms with Crippen LogP contribution in [0, 0.1) is 0 Å². The van der Waals surface area contributed by atoms with Gasteiger partial charge in [-0.2, -0.15) is 0 Å². The third-order valence-corrected chi connectivity index (χ3v) is 1.94. The molecule has 0 aromatic carbocycles. The summed E-state index contributed by atoms with van der Waals surface area (Å²) >= 11 is 16.0. The van der Waals surface area contributed by atoms with Crippen LogP contribution in [0.3, 0.4) is 0 Å². The lowest BCUT2D eigenvalue weighted by molar-refractivity contribution is 0.384. The molecule has 0 amide bonds. The first kappa shape index (κ1) is 10.8. The Morgan fingerprint density at radius 2 is 2.08 bits per heavy atom. The normalized spacial score (nSPS) is 11.5. The Balaban J connectivity index is 3.16. The van der Waals surface area contributed by atoms with Gasteiger partial charge in [-0.3, -0.25) is 0 Å². The number of hydrogen-bond acceptors (Lipinski definition) is 2. The van der Waals surface area contributed by atoms with Crippen LogP contribution in [0.5, 0.6) is 5.88 Å². The topological polar surface area (TPSA) is 22.1 Å². The molecule has 13 heavy (non-hydrogen) atoms. The SMILES string of the molecule is COc1cc(C(F)(Cl)Cl)cc(Cl)n1. The Morgan fingerprint density at radius 1 is 1.46 bits per heavy atom. The van der Waals surface area contributed by atoms with Crippen LogP contribution in [0.4, 0.5) is 4.39 Å². The maximum Gasteiger partial charge on any atom is 0.283 e. The van der Waals surface area contributed by atoms with Gasteiger partial charge in [0.05, 0.1) is 7.11 Å². The van der Waals surface area contributed by atoms with Gasteiger partial charge in [0.2, 0.25) is 5.88 Å². The lowest BCUT2D eigenvalue weighted by atomic mass is 10.3. The monoisotopic (exact) mass is 243 g/mol. The van der Waals surface area contributed by atoms with E-state index in [9.17, 15) is 4.39 Å². The third-order valence-electron chi connectivity index (χ3n) is 1.31. The van der Waals surface area contributed by atoms with Gasteiger partial charge in [-0.05, 0) is 6.07 Å². The lowest BCUT2D eigenvalue weighted by Gasteiger charge is -2.10. The molecule has 0 unspecified atom stereocenters. The smallest absolute Gasteiger partial charge is 0.283 e. The second-order valence-electron chi connectivity index (χ2n) is 2.22. The summed E-state index contributed by atoms with van der Waals surface area (Å²) in [5.41, 5.74) is -0.00677. The van der Waals surface area contributed by atoms with Gasteiger partial charge in [-0.15, -0.1) is 0 Å². The van der Waals surface area contributed by atoms with E-state index < -0.39 is 4.59 Å². The van der Waals surface area contributed by atoms with Crippen molar-refractivity contribution in [2.75, 3.05) is 7.11 Å². The molecular formula is C7H5Cl3FNO. The van der Waals surface area contributed by atoms with Crippen LogP contribution in [0.15, 0.2) is 12.1 Å². The van der Waals surface area contributed by atoms with Crippen molar-refractivity contribution in [2.24, 2.45) is 0 Å². The summed E-state index contributed by atoms with van der Waals surface area (Å²) in [4.78, 5) is 3.73. The van der Waals surface area contributed by atoms with E-state index >= 15 is 0 Å². The van der Waals surface area contributed by atoms with Gasteiger partial charge in [0.15, 0.2) is 0 Å². The number of hydrogen-bond donors (Lipinski definition) is 0. The Hall–Kier alpha value is -0.250. The zero-order valence-corrected chi connectivity index (χ0v) is 8.79. The van der Waals surface area contributed by atoms with Crippen molar-refractivity contribution in [2.45, 2.75) is 4.59 Å². The Labute approximate surface area is 89.6 Å². The molecule has 72 valence electrons. The van der Waals surface area contributed by atoms with Crippen molar-refractivity contribution < 1.29 is 9.13 Å². The van der Waals surface area contributed by atoms with Crippen molar-refractivity contribution in [3.8, 4) is 5.88 Å². The van der Waals surface area contributed by atoms with Crippen LogP contribution in [0.2, 0.25) is 5.15 Å². The number of alkyl halides is 3. The minimum Gasteiger partial charge on any atom is -0.481 e. The highest BCUT2D eigenvalue weighted by molar-refractivity contribution is 6.46. The van der Waals surface area contributed by atoms with Gasteiger partial charge in [0, 0.05) is 11.6 Å². The Bertz CT molecular complexity index is 313. The van der Waals surface area contributed by atoms with E-state index in [4.69, 9.17) is 39.5 Å². The van der Waals surface area contributed by atoms with Crippen LogP contribution in [0.1, 0.15) is 5.56 Å². The maximum atomic E-state index is 13.0. The van der Waals surface area contributed by atoms with Gasteiger partial charge < -0.3 is 4.74 Å². The molecule has 0 aliphatic carbocycles. The average Bonchev–Trinajstić information content (AvgIpc) is 2.01. The summed E-state index contributed by atoms with van der Waals surface area (Å²) in [6.07, 6.45) is 0. The Morgan fingerprint density at radius 3 is 2.54 bits per heavy atom. The predicted octanol–water partition coefficient (Wildman–Crippen LogP) is 3.30. The van der Waals surface area contributed by atoms with E-state index in [1.807, 2.05) is 0 Å². The molecule has 1 rings (SSSR count). The van der Waals surface area contributed by atoms with Crippen LogP contribution in [-0.2, 0) is 4.59 Å².